The fourth-order valence-corrected chi connectivity index (χ4v) is 3.31. The van der Waals surface area contributed by atoms with Crippen LogP contribution in [0.2, 0.25) is 0 Å². The summed E-state index contributed by atoms with van der Waals surface area (Å²) in [6, 6.07) is 0. The topological polar surface area (TPSA) is 68.2 Å². The molecule has 3 aliphatic rings. The zero-order valence-electron chi connectivity index (χ0n) is 6.06. The van der Waals surface area contributed by atoms with Crippen LogP contribution >= 0.6 is 7.94 Å². The van der Waals surface area contributed by atoms with Crippen LogP contribution in [0.4, 0.5) is 0 Å². The van der Waals surface area contributed by atoms with Gasteiger partial charge in [0.25, 0.3) is 0 Å². The quantitative estimate of drug-likeness (QED) is 0.580. The summed E-state index contributed by atoms with van der Waals surface area (Å²) >= 11 is 0. The van der Waals surface area contributed by atoms with E-state index in [1.807, 2.05) is 6.92 Å². The van der Waals surface area contributed by atoms with Gasteiger partial charge in [-0.2, -0.15) is 4.52 Å². The van der Waals surface area contributed by atoms with E-state index in [1.54, 1.807) is 0 Å². The van der Waals surface area contributed by atoms with Gasteiger partial charge in [-0.3, -0.25) is 0 Å². The van der Waals surface area contributed by atoms with E-state index in [9.17, 15) is 5.11 Å². The van der Waals surface area contributed by atoms with Crippen LogP contribution < -0.4 is 0 Å². The van der Waals surface area contributed by atoms with Crippen LogP contribution in [0, 0.1) is 0 Å². The average molecular weight is 181 g/mol. The van der Waals surface area contributed by atoms with Gasteiger partial charge < -0.3 is 10.2 Å². The van der Waals surface area contributed by atoms with Gasteiger partial charge in [0.1, 0.15) is 6.16 Å². The van der Waals surface area contributed by atoms with Gasteiger partial charge in [0, 0.05) is 0 Å². The van der Waals surface area contributed by atoms with Gasteiger partial charge in [0.15, 0.2) is 0 Å². The molecule has 5 nitrogen and oxygen atoms in total. The first-order valence-corrected chi connectivity index (χ1v) is 5.18. The molecule has 3 rings (SSSR count). The minimum absolute atomic E-state index is 0.280. The molecule has 64 valence electrons. The van der Waals surface area contributed by atoms with Crippen LogP contribution in [0.15, 0.2) is 0 Å². The minimum atomic E-state index is -2.21. The number of aliphatic hydroxyl groups is 2. The highest BCUT2D eigenvalue weighted by Gasteiger charge is 2.82. The highest BCUT2D eigenvalue weighted by Crippen LogP contribution is 2.81. The molecular formula is C5H10O5P+. The Balaban J connectivity index is 2.12. The molecule has 3 aliphatic heterocycles. The Kier molecular flexibility index (Phi) is 1.52. The Hall–Kier alpha value is 0.230. The Morgan fingerprint density at radius 1 is 1.55 bits per heavy atom. The summed E-state index contributed by atoms with van der Waals surface area (Å²) in [4.78, 5) is 0. The number of hydrogen-bond donors (Lipinski definition) is 2. The van der Waals surface area contributed by atoms with Crippen LogP contribution in [0.1, 0.15) is 6.92 Å². The average Bonchev–Trinajstić information content (AvgIpc) is 2.36. The van der Waals surface area contributed by atoms with Gasteiger partial charge in [-0.05, 0) is 6.92 Å². The molecule has 0 saturated carbocycles. The van der Waals surface area contributed by atoms with E-state index >= 15 is 0 Å². The maximum Gasteiger partial charge on any atom is 0.424 e. The van der Waals surface area contributed by atoms with E-state index in [0.29, 0.717) is 6.16 Å². The summed E-state index contributed by atoms with van der Waals surface area (Å²) in [5.74, 6) is -1.65. The van der Waals surface area contributed by atoms with Gasteiger partial charge in [-0.25, -0.2) is 0 Å². The lowest BCUT2D eigenvalue weighted by Gasteiger charge is -2.27. The molecule has 3 fully saturated rings. The second-order valence-corrected chi connectivity index (χ2v) is 4.95. The zero-order valence-corrected chi connectivity index (χ0v) is 6.95. The fourth-order valence-electron chi connectivity index (χ4n) is 1.18. The van der Waals surface area contributed by atoms with E-state index in [1.165, 1.54) is 0 Å². The van der Waals surface area contributed by atoms with Crippen molar-refractivity contribution in [3.8, 4) is 0 Å². The smallest absolute Gasteiger partial charge is 0.393 e. The van der Waals surface area contributed by atoms with E-state index in [4.69, 9.17) is 18.7 Å². The second kappa shape index (κ2) is 2.13. The summed E-state index contributed by atoms with van der Waals surface area (Å²) in [5, 5.41) is 18.0. The summed E-state index contributed by atoms with van der Waals surface area (Å²) in [6.07, 6.45) is -0.123. The number of hydrogen-bond acceptors (Lipinski definition) is 5. The lowest BCUT2D eigenvalue weighted by molar-refractivity contribution is -0.324. The summed E-state index contributed by atoms with van der Waals surface area (Å²) in [5.41, 5.74) is 0. The van der Waals surface area contributed by atoms with Gasteiger partial charge >= 0.3 is 13.9 Å². The molecule has 2 bridgehead atoms. The normalized spacial score (nSPS) is 54.3. The van der Waals surface area contributed by atoms with Gasteiger partial charge in [-0.15, -0.1) is 9.05 Å². The molecule has 0 aromatic rings. The largest absolute Gasteiger partial charge is 0.424 e. The van der Waals surface area contributed by atoms with E-state index in [0.717, 1.165) is 0 Å². The van der Waals surface area contributed by atoms with Crippen molar-refractivity contribution in [1.29, 1.82) is 0 Å². The van der Waals surface area contributed by atoms with Crippen LogP contribution in [-0.2, 0) is 13.6 Å². The maximum atomic E-state index is 9.31. The van der Waals surface area contributed by atoms with Crippen molar-refractivity contribution in [2.45, 2.75) is 19.0 Å². The predicted molar refractivity (Wildman–Crippen MR) is 36.5 cm³/mol. The third-order valence-corrected chi connectivity index (χ3v) is 4.22. The van der Waals surface area contributed by atoms with Crippen molar-refractivity contribution in [2.24, 2.45) is 0 Å². The van der Waals surface area contributed by atoms with Crippen molar-refractivity contribution in [3.63, 3.8) is 0 Å². The highest BCUT2D eigenvalue weighted by atomic mass is 31.2. The van der Waals surface area contributed by atoms with E-state index in [2.05, 4.69) is 0 Å². The molecule has 0 aliphatic carbocycles. The molecule has 0 aromatic heterocycles. The Morgan fingerprint density at radius 2 is 2.18 bits per heavy atom. The fraction of sp³-hybridized carbons (Fsp3) is 1.00. The monoisotopic (exact) mass is 181 g/mol. The van der Waals surface area contributed by atoms with E-state index in [-0.39, 0.29) is 6.61 Å². The number of rotatable bonds is 2. The first-order valence-electron chi connectivity index (χ1n) is 3.45. The molecule has 3 heterocycles. The van der Waals surface area contributed by atoms with Crippen molar-refractivity contribution >= 4 is 7.94 Å². The number of aliphatic hydroxyl groups excluding tert-OH is 1. The summed E-state index contributed by atoms with van der Waals surface area (Å²) in [6.45, 7) is 1.57. The third-order valence-electron chi connectivity index (χ3n) is 1.79. The SMILES string of the molecule is CC[P+]12OC(CO)C(O)(O1)O2. The van der Waals surface area contributed by atoms with Crippen LogP contribution in [0.5, 0.6) is 0 Å². The Bertz CT molecular complexity index is 176. The molecule has 0 spiro atoms. The molecular weight excluding hydrogens is 171 g/mol. The molecule has 6 heteroatoms. The van der Waals surface area contributed by atoms with Gasteiger partial charge in [-0.1, -0.05) is 0 Å². The van der Waals surface area contributed by atoms with Crippen molar-refractivity contribution in [1.82, 2.24) is 0 Å². The van der Waals surface area contributed by atoms with Crippen LogP contribution in [0.25, 0.3) is 0 Å². The van der Waals surface area contributed by atoms with Crippen molar-refractivity contribution < 1.29 is 23.8 Å². The minimum Gasteiger partial charge on any atom is -0.393 e. The first kappa shape index (κ1) is 7.86. The van der Waals surface area contributed by atoms with Gasteiger partial charge in [0.05, 0.1) is 6.61 Å². The van der Waals surface area contributed by atoms with Crippen molar-refractivity contribution in [2.75, 3.05) is 12.8 Å². The molecule has 2 N–H and O–H groups in total. The molecule has 3 saturated heterocycles. The van der Waals surface area contributed by atoms with Crippen molar-refractivity contribution in [3.05, 3.63) is 0 Å². The lowest BCUT2D eigenvalue weighted by Crippen LogP contribution is -2.46. The van der Waals surface area contributed by atoms with Crippen LogP contribution in [-0.4, -0.2) is 35.1 Å². The standard InChI is InChI=1S/C5H10O5P/c1-2-11-8-4(3-6)5(7,9-11)10-11/h4,6-7H,2-3H2,1H3/q+1. The Labute approximate surface area is 64.5 Å². The van der Waals surface area contributed by atoms with Crippen LogP contribution in [0.3, 0.4) is 0 Å². The molecule has 0 aromatic carbocycles. The molecule has 1 unspecified atom stereocenters. The highest BCUT2D eigenvalue weighted by molar-refractivity contribution is 7.63. The predicted octanol–water partition coefficient (Wildman–Crippen LogP) is -0.147. The number of fused-ring (bicyclic) bond motifs is 1. The third kappa shape index (κ3) is 0.869. The lowest BCUT2D eigenvalue weighted by atomic mass is 10.3. The first-order chi connectivity index (χ1) is 5.14. The molecule has 11 heavy (non-hydrogen) atoms. The molecule has 1 atom stereocenters. The molecule has 0 amide bonds. The van der Waals surface area contributed by atoms with E-state index < -0.39 is 20.0 Å². The maximum absolute atomic E-state index is 9.31. The zero-order chi connectivity index (χ0) is 8.11. The summed E-state index contributed by atoms with van der Waals surface area (Å²) in [7, 11) is -2.21. The summed E-state index contributed by atoms with van der Waals surface area (Å²) < 4.78 is 15.3. The second-order valence-electron chi connectivity index (χ2n) is 2.52. The van der Waals surface area contributed by atoms with Gasteiger partial charge in [0.2, 0.25) is 6.10 Å². The molecule has 0 radical (unpaired) electrons. The Morgan fingerprint density at radius 3 is 2.45 bits per heavy atom.